The van der Waals surface area contributed by atoms with Gasteiger partial charge in [-0.15, -0.1) is 11.3 Å². The number of carbonyl (C=O) groups excluding carboxylic acids is 1. The molecule has 0 aliphatic carbocycles. The molecule has 25 heavy (non-hydrogen) atoms. The molecular weight excluding hydrogens is 338 g/mol. The van der Waals surface area contributed by atoms with E-state index in [2.05, 4.69) is 32.1 Å². The summed E-state index contributed by atoms with van der Waals surface area (Å²) < 4.78 is 6.00. The number of rotatable bonds is 5. The Morgan fingerprint density at radius 3 is 2.88 bits per heavy atom. The molecule has 0 spiro atoms. The van der Waals surface area contributed by atoms with Crippen LogP contribution in [0.4, 0.5) is 5.13 Å². The molecule has 1 aliphatic rings. The van der Waals surface area contributed by atoms with E-state index < -0.39 is 0 Å². The lowest BCUT2D eigenvalue weighted by Gasteiger charge is -2.37. The number of ether oxygens (including phenoxy) is 1. The van der Waals surface area contributed by atoms with Gasteiger partial charge in [-0.1, -0.05) is 0 Å². The van der Waals surface area contributed by atoms with Crippen molar-refractivity contribution in [3.63, 3.8) is 0 Å². The van der Waals surface area contributed by atoms with Gasteiger partial charge in [0.05, 0.1) is 18.1 Å². The lowest BCUT2D eigenvalue weighted by atomic mass is 10.0. The number of piperidine rings is 1. The summed E-state index contributed by atoms with van der Waals surface area (Å²) >= 11 is 1.52. The van der Waals surface area contributed by atoms with Crippen LogP contribution in [0.2, 0.25) is 0 Å². The highest BCUT2D eigenvalue weighted by Gasteiger charge is 2.27. The molecule has 7 nitrogen and oxygen atoms in total. The van der Waals surface area contributed by atoms with Crippen molar-refractivity contribution in [3.8, 4) is 5.88 Å². The molecule has 2 aromatic heterocycles. The van der Waals surface area contributed by atoms with Crippen molar-refractivity contribution in [1.29, 1.82) is 0 Å². The van der Waals surface area contributed by atoms with Gasteiger partial charge in [-0.3, -0.25) is 14.7 Å². The Bertz CT molecular complexity index is 718. The van der Waals surface area contributed by atoms with Crippen molar-refractivity contribution < 1.29 is 9.53 Å². The Hall–Kier alpha value is -2.06. The molecular formula is C17H23N5O2S. The van der Waals surface area contributed by atoms with Crippen molar-refractivity contribution in [3.05, 3.63) is 29.2 Å². The van der Waals surface area contributed by atoms with Gasteiger partial charge in [-0.25, -0.2) is 9.97 Å². The second-order valence-corrected chi connectivity index (χ2v) is 7.52. The molecule has 1 fully saturated rings. The zero-order valence-corrected chi connectivity index (χ0v) is 15.5. The van der Waals surface area contributed by atoms with Crippen LogP contribution in [-0.2, 0) is 11.3 Å². The minimum atomic E-state index is -0.0973. The second kappa shape index (κ2) is 7.88. The summed E-state index contributed by atoms with van der Waals surface area (Å²) in [4.78, 5) is 27.4. The van der Waals surface area contributed by atoms with Crippen molar-refractivity contribution >= 4 is 22.4 Å². The largest absolute Gasteiger partial charge is 0.472 e. The average Bonchev–Trinajstić information content (AvgIpc) is 2.99. The highest BCUT2D eigenvalue weighted by molar-refractivity contribution is 7.15. The fraction of sp³-hybridized carbons (Fsp3) is 0.529. The Kier molecular flexibility index (Phi) is 5.60. The summed E-state index contributed by atoms with van der Waals surface area (Å²) in [5.41, 5.74) is 0.881. The first kappa shape index (κ1) is 17.8. The first-order valence-corrected chi connectivity index (χ1v) is 9.23. The summed E-state index contributed by atoms with van der Waals surface area (Å²) in [6.07, 6.45) is 7.42. The number of anilines is 1. The normalized spacial score (nSPS) is 21.1. The van der Waals surface area contributed by atoms with Gasteiger partial charge in [-0.05, 0) is 26.7 Å². The molecule has 1 N–H and O–H groups in total. The number of hydrogen-bond acceptors (Lipinski definition) is 7. The van der Waals surface area contributed by atoms with E-state index >= 15 is 0 Å². The third-order valence-corrected chi connectivity index (χ3v) is 5.11. The molecule has 0 unspecified atom stereocenters. The third kappa shape index (κ3) is 4.96. The minimum absolute atomic E-state index is 0.0973. The first-order chi connectivity index (χ1) is 12.0. The van der Waals surface area contributed by atoms with Crippen molar-refractivity contribution in [1.82, 2.24) is 19.9 Å². The van der Waals surface area contributed by atoms with Gasteiger partial charge < -0.3 is 10.1 Å². The third-order valence-electron chi connectivity index (χ3n) is 4.21. The molecule has 2 aromatic rings. The van der Waals surface area contributed by atoms with E-state index in [-0.39, 0.29) is 12.0 Å². The molecule has 0 aromatic carbocycles. The molecule has 3 heterocycles. The van der Waals surface area contributed by atoms with Crippen LogP contribution in [-0.4, -0.2) is 44.4 Å². The van der Waals surface area contributed by atoms with E-state index in [4.69, 9.17) is 4.74 Å². The van der Waals surface area contributed by atoms with Crippen LogP contribution >= 0.6 is 11.3 Å². The van der Waals surface area contributed by atoms with E-state index in [0.29, 0.717) is 17.1 Å². The van der Waals surface area contributed by atoms with Gasteiger partial charge in [0.25, 0.3) is 0 Å². The number of amides is 1. The van der Waals surface area contributed by atoms with Crippen LogP contribution in [0.25, 0.3) is 0 Å². The summed E-state index contributed by atoms with van der Waals surface area (Å²) in [6, 6.07) is 0.482. The average molecular weight is 361 g/mol. The minimum Gasteiger partial charge on any atom is -0.472 e. The first-order valence-electron chi connectivity index (χ1n) is 8.41. The Morgan fingerprint density at radius 2 is 2.16 bits per heavy atom. The van der Waals surface area contributed by atoms with Crippen LogP contribution in [0.3, 0.4) is 0 Å². The SMILES string of the molecule is CC(=O)Nc1ncc(CN2C[C@H](Oc3cnc(C)cn3)CC[C@@H]2C)s1. The van der Waals surface area contributed by atoms with Crippen LogP contribution in [0.15, 0.2) is 18.6 Å². The molecule has 134 valence electrons. The monoisotopic (exact) mass is 361 g/mol. The predicted molar refractivity (Wildman–Crippen MR) is 96.7 cm³/mol. The standard InChI is InChI=1S/C17H23N5O2S/c1-11-6-19-16(8-18-11)24-14-5-4-12(2)22(9-14)10-15-7-20-17(25-15)21-13(3)23/h6-8,12,14H,4-5,9-10H2,1-3H3,(H,20,21,23)/t12-,14+/m0/s1. The molecule has 8 heteroatoms. The van der Waals surface area contributed by atoms with Gasteiger partial charge in [-0.2, -0.15) is 0 Å². The van der Waals surface area contributed by atoms with Crippen molar-refractivity contribution in [2.24, 2.45) is 0 Å². The highest BCUT2D eigenvalue weighted by atomic mass is 32.1. The molecule has 1 saturated heterocycles. The summed E-state index contributed by atoms with van der Waals surface area (Å²) in [5.74, 6) is 0.482. The maximum Gasteiger partial charge on any atom is 0.232 e. The van der Waals surface area contributed by atoms with Gasteiger partial charge in [0.1, 0.15) is 6.10 Å². The maximum atomic E-state index is 11.1. The smallest absolute Gasteiger partial charge is 0.232 e. The van der Waals surface area contributed by atoms with Crippen LogP contribution in [0, 0.1) is 6.92 Å². The van der Waals surface area contributed by atoms with Gasteiger partial charge in [0.2, 0.25) is 11.8 Å². The number of hydrogen-bond donors (Lipinski definition) is 1. The number of aromatic nitrogens is 3. The number of nitrogens with one attached hydrogen (secondary N) is 1. The zero-order chi connectivity index (χ0) is 17.8. The second-order valence-electron chi connectivity index (χ2n) is 6.40. The maximum absolute atomic E-state index is 11.1. The number of aryl methyl sites for hydroxylation is 1. The molecule has 1 aliphatic heterocycles. The predicted octanol–water partition coefficient (Wildman–Crippen LogP) is 2.63. The molecule has 0 saturated carbocycles. The fourth-order valence-electron chi connectivity index (χ4n) is 2.86. The number of nitrogens with zero attached hydrogens (tertiary/aromatic N) is 4. The van der Waals surface area contributed by atoms with Crippen LogP contribution in [0.1, 0.15) is 37.3 Å². The van der Waals surface area contributed by atoms with Crippen molar-refractivity contribution in [2.75, 3.05) is 11.9 Å². The van der Waals surface area contributed by atoms with E-state index in [1.807, 2.05) is 13.1 Å². The lowest BCUT2D eigenvalue weighted by molar-refractivity contribution is -0.114. The zero-order valence-electron chi connectivity index (χ0n) is 14.7. The lowest BCUT2D eigenvalue weighted by Crippen LogP contribution is -2.45. The number of likely N-dealkylation sites (tertiary alicyclic amines) is 1. The Balaban J connectivity index is 1.59. The van der Waals surface area contributed by atoms with Crippen LogP contribution < -0.4 is 10.1 Å². The van der Waals surface area contributed by atoms with E-state index in [1.165, 1.54) is 18.3 Å². The number of carbonyl (C=O) groups is 1. The Morgan fingerprint density at radius 1 is 1.32 bits per heavy atom. The summed E-state index contributed by atoms with van der Waals surface area (Å²) in [6.45, 7) is 7.27. The quantitative estimate of drug-likeness (QED) is 0.882. The van der Waals surface area contributed by atoms with Gasteiger partial charge in [0.15, 0.2) is 5.13 Å². The molecule has 0 bridgehead atoms. The van der Waals surface area contributed by atoms with Gasteiger partial charge in [0, 0.05) is 37.1 Å². The number of thiazole rings is 1. The highest BCUT2D eigenvalue weighted by Crippen LogP contribution is 2.25. The molecule has 2 atom stereocenters. The van der Waals surface area contributed by atoms with E-state index in [1.54, 1.807) is 12.4 Å². The van der Waals surface area contributed by atoms with E-state index in [9.17, 15) is 4.79 Å². The Labute approximate surface area is 151 Å². The summed E-state index contributed by atoms with van der Waals surface area (Å²) in [7, 11) is 0. The van der Waals surface area contributed by atoms with Crippen molar-refractivity contribution in [2.45, 2.75) is 52.3 Å². The fourth-order valence-corrected chi connectivity index (χ4v) is 3.74. The summed E-state index contributed by atoms with van der Waals surface area (Å²) in [5, 5.41) is 3.38. The van der Waals surface area contributed by atoms with Gasteiger partial charge >= 0.3 is 0 Å². The molecule has 0 radical (unpaired) electrons. The molecule has 1 amide bonds. The topological polar surface area (TPSA) is 80.2 Å². The molecule has 3 rings (SSSR count). The van der Waals surface area contributed by atoms with E-state index in [0.717, 1.165) is 36.5 Å². The van der Waals surface area contributed by atoms with Crippen LogP contribution in [0.5, 0.6) is 5.88 Å².